The molecule has 0 atom stereocenters. The summed E-state index contributed by atoms with van der Waals surface area (Å²) >= 11 is 0. The summed E-state index contributed by atoms with van der Waals surface area (Å²) in [5.74, 6) is -2.44. The number of nitrogens with zero attached hydrogens (tertiary/aromatic N) is 1. The molecule has 0 aliphatic carbocycles. The zero-order valence-corrected chi connectivity index (χ0v) is 13.3. The fourth-order valence-corrected chi connectivity index (χ4v) is 2.45. The number of rotatable bonds is 4. The molecule has 0 aromatic heterocycles. The Morgan fingerprint density at radius 3 is 2.50 bits per heavy atom. The van der Waals surface area contributed by atoms with Crippen LogP contribution in [0.4, 0.5) is 0 Å². The van der Waals surface area contributed by atoms with Gasteiger partial charge in [-0.1, -0.05) is 6.07 Å². The highest BCUT2D eigenvalue weighted by atomic mass is 32.2. The van der Waals surface area contributed by atoms with Crippen molar-refractivity contribution in [1.29, 1.82) is 0 Å². The molecule has 1 amide bonds. The monoisotopic (exact) mass is 350 g/mol. The molecule has 4 N–H and O–H groups in total. The van der Waals surface area contributed by atoms with Crippen LogP contribution < -0.4 is 5.43 Å². The molecule has 0 aliphatic heterocycles. The summed E-state index contributed by atoms with van der Waals surface area (Å²) < 4.78 is 22.9. The summed E-state index contributed by atoms with van der Waals surface area (Å²) in [5, 5.41) is 31.8. The van der Waals surface area contributed by atoms with Crippen LogP contribution in [0.3, 0.4) is 0 Å². The van der Waals surface area contributed by atoms with Crippen LogP contribution in [0.2, 0.25) is 0 Å². The number of carbonyl (C=O) groups is 1. The first-order valence-electron chi connectivity index (χ1n) is 6.57. The minimum absolute atomic E-state index is 0.000214. The van der Waals surface area contributed by atoms with Crippen LogP contribution >= 0.6 is 0 Å². The molecule has 126 valence electrons. The molecule has 8 nitrogen and oxygen atoms in total. The van der Waals surface area contributed by atoms with E-state index in [0.717, 1.165) is 18.5 Å². The van der Waals surface area contributed by atoms with Crippen molar-refractivity contribution < 1.29 is 28.5 Å². The van der Waals surface area contributed by atoms with Gasteiger partial charge >= 0.3 is 0 Å². The molecule has 0 fully saturated rings. The molecule has 0 spiro atoms. The van der Waals surface area contributed by atoms with Crippen molar-refractivity contribution in [2.75, 3.05) is 6.26 Å². The Labute approximate surface area is 137 Å². The molecule has 0 saturated carbocycles. The zero-order valence-electron chi connectivity index (χ0n) is 12.5. The van der Waals surface area contributed by atoms with Gasteiger partial charge in [-0.25, -0.2) is 13.8 Å². The van der Waals surface area contributed by atoms with Gasteiger partial charge in [0.05, 0.1) is 11.1 Å². The summed E-state index contributed by atoms with van der Waals surface area (Å²) in [6.45, 7) is 0. The second-order valence-electron chi connectivity index (χ2n) is 4.87. The molecule has 0 unspecified atom stereocenters. The number of phenols is 3. The van der Waals surface area contributed by atoms with E-state index in [4.69, 9.17) is 0 Å². The van der Waals surface area contributed by atoms with E-state index in [1.165, 1.54) is 30.3 Å². The minimum atomic E-state index is -3.44. The third kappa shape index (κ3) is 3.82. The van der Waals surface area contributed by atoms with Crippen molar-refractivity contribution in [2.24, 2.45) is 5.10 Å². The zero-order chi connectivity index (χ0) is 17.9. The summed E-state index contributed by atoms with van der Waals surface area (Å²) in [5.41, 5.74) is 2.32. The van der Waals surface area contributed by atoms with Crippen molar-refractivity contribution in [3.63, 3.8) is 0 Å². The largest absolute Gasteiger partial charge is 0.504 e. The number of carbonyl (C=O) groups excluding carboxylic acids is 1. The molecule has 0 bridgehead atoms. The van der Waals surface area contributed by atoms with Gasteiger partial charge in [-0.05, 0) is 30.3 Å². The smallest absolute Gasteiger partial charge is 0.271 e. The SMILES string of the molecule is CS(=O)(=O)c1cccc(C(=O)N/N=C/c2ccc(O)c(O)c2O)c1. The fourth-order valence-electron chi connectivity index (χ4n) is 1.78. The van der Waals surface area contributed by atoms with Crippen LogP contribution in [0, 0.1) is 0 Å². The number of hydrogen-bond acceptors (Lipinski definition) is 7. The van der Waals surface area contributed by atoms with E-state index < -0.39 is 33.0 Å². The number of benzene rings is 2. The lowest BCUT2D eigenvalue weighted by Crippen LogP contribution is -2.18. The quantitative estimate of drug-likeness (QED) is 0.368. The number of aromatic hydroxyl groups is 3. The van der Waals surface area contributed by atoms with E-state index in [9.17, 15) is 28.5 Å². The highest BCUT2D eigenvalue weighted by Gasteiger charge is 2.12. The molecular weight excluding hydrogens is 336 g/mol. The van der Waals surface area contributed by atoms with Gasteiger partial charge < -0.3 is 15.3 Å². The van der Waals surface area contributed by atoms with Crippen LogP contribution in [0.15, 0.2) is 46.4 Å². The van der Waals surface area contributed by atoms with Gasteiger partial charge in [-0.2, -0.15) is 5.10 Å². The molecule has 0 aliphatic rings. The van der Waals surface area contributed by atoms with E-state index in [2.05, 4.69) is 10.5 Å². The first kappa shape index (κ1) is 17.3. The minimum Gasteiger partial charge on any atom is -0.504 e. The van der Waals surface area contributed by atoms with E-state index >= 15 is 0 Å². The van der Waals surface area contributed by atoms with Gasteiger partial charge in [0, 0.05) is 17.4 Å². The fraction of sp³-hybridized carbons (Fsp3) is 0.0667. The molecule has 9 heteroatoms. The van der Waals surface area contributed by atoms with Gasteiger partial charge in [0.2, 0.25) is 5.75 Å². The summed E-state index contributed by atoms with van der Waals surface area (Å²) in [4.78, 5) is 11.9. The number of sulfone groups is 1. The first-order chi connectivity index (χ1) is 11.2. The van der Waals surface area contributed by atoms with Crippen LogP contribution in [0.1, 0.15) is 15.9 Å². The Kier molecular flexibility index (Phi) is 4.74. The molecule has 0 saturated heterocycles. The maximum atomic E-state index is 11.9. The van der Waals surface area contributed by atoms with Crippen molar-refractivity contribution in [3.05, 3.63) is 47.5 Å². The van der Waals surface area contributed by atoms with E-state index in [1.54, 1.807) is 0 Å². The van der Waals surface area contributed by atoms with Gasteiger partial charge in [0.15, 0.2) is 21.3 Å². The summed E-state index contributed by atoms with van der Waals surface area (Å²) in [6.07, 6.45) is 2.09. The maximum absolute atomic E-state index is 11.9. The second-order valence-corrected chi connectivity index (χ2v) is 6.89. The first-order valence-corrected chi connectivity index (χ1v) is 8.46. The van der Waals surface area contributed by atoms with Crippen molar-refractivity contribution in [3.8, 4) is 17.2 Å². The molecule has 2 aromatic carbocycles. The van der Waals surface area contributed by atoms with Crippen LogP contribution in [0.5, 0.6) is 17.2 Å². The van der Waals surface area contributed by atoms with E-state index in [1.807, 2.05) is 0 Å². The topological polar surface area (TPSA) is 136 Å². The maximum Gasteiger partial charge on any atom is 0.271 e. The number of nitrogens with one attached hydrogen (secondary N) is 1. The lowest BCUT2D eigenvalue weighted by molar-refractivity contribution is 0.0955. The number of hydrazone groups is 1. The summed E-state index contributed by atoms with van der Waals surface area (Å²) in [6, 6.07) is 7.86. The van der Waals surface area contributed by atoms with E-state index in [0.29, 0.717) is 0 Å². The van der Waals surface area contributed by atoms with Gasteiger partial charge in [0.25, 0.3) is 5.91 Å². The Balaban J connectivity index is 2.15. The van der Waals surface area contributed by atoms with Crippen LogP contribution in [0.25, 0.3) is 0 Å². The molecule has 0 heterocycles. The predicted octanol–water partition coefficient (Wildman–Crippen LogP) is 0.971. The highest BCUT2D eigenvalue weighted by molar-refractivity contribution is 7.90. The Hall–Kier alpha value is -3.07. The Morgan fingerprint density at radius 1 is 1.12 bits per heavy atom. The average Bonchev–Trinajstić information content (AvgIpc) is 2.54. The molecule has 0 radical (unpaired) electrons. The standard InChI is InChI=1S/C15H14N2O6S/c1-24(22,23)11-4-2-3-9(7-11)15(21)17-16-8-10-5-6-12(18)14(20)13(10)19/h2-8,18-20H,1H3,(H,17,21)/b16-8+. The highest BCUT2D eigenvalue weighted by Crippen LogP contribution is 2.36. The van der Waals surface area contributed by atoms with E-state index in [-0.39, 0.29) is 16.0 Å². The number of phenolic OH excluding ortho intramolecular Hbond substituents is 3. The molecule has 2 rings (SSSR count). The van der Waals surface area contributed by atoms with Crippen molar-refractivity contribution in [1.82, 2.24) is 5.43 Å². The van der Waals surface area contributed by atoms with Crippen molar-refractivity contribution in [2.45, 2.75) is 4.90 Å². The summed E-state index contributed by atoms with van der Waals surface area (Å²) in [7, 11) is -3.44. The Morgan fingerprint density at radius 2 is 1.83 bits per heavy atom. The van der Waals surface area contributed by atoms with Crippen LogP contribution in [-0.4, -0.2) is 42.1 Å². The van der Waals surface area contributed by atoms with Crippen molar-refractivity contribution >= 4 is 22.0 Å². The predicted molar refractivity (Wildman–Crippen MR) is 86.0 cm³/mol. The van der Waals surface area contributed by atoms with Gasteiger partial charge in [0.1, 0.15) is 0 Å². The number of amides is 1. The Bertz CT molecular complexity index is 922. The average molecular weight is 350 g/mol. The third-order valence-electron chi connectivity index (χ3n) is 3.06. The van der Waals surface area contributed by atoms with Crippen LogP contribution in [-0.2, 0) is 9.84 Å². The van der Waals surface area contributed by atoms with Gasteiger partial charge in [-0.15, -0.1) is 0 Å². The molecular formula is C15H14N2O6S. The number of hydrogen-bond donors (Lipinski definition) is 4. The molecule has 24 heavy (non-hydrogen) atoms. The van der Waals surface area contributed by atoms with Gasteiger partial charge in [-0.3, -0.25) is 4.79 Å². The lowest BCUT2D eigenvalue weighted by atomic mass is 10.2. The lowest BCUT2D eigenvalue weighted by Gasteiger charge is -2.04. The second kappa shape index (κ2) is 6.59. The third-order valence-corrected chi connectivity index (χ3v) is 4.17. The molecule has 2 aromatic rings. The normalized spacial score (nSPS) is 11.5.